The maximum absolute atomic E-state index is 13.7. The lowest BCUT2D eigenvalue weighted by Crippen LogP contribution is -2.40. The fourth-order valence-electron chi connectivity index (χ4n) is 3.20. The van der Waals surface area contributed by atoms with Crippen LogP contribution in [0.3, 0.4) is 0 Å². The van der Waals surface area contributed by atoms with Crippen molar-refractivity contribution in [1.82, 2.24) is 4.31 Å². The molecule has 7 nitrogen and oxygen atoms in total. The van der Waals surface area contributed by atoms with Crippen molar-refractivity contribution in [2.75, 3.05) is 30.3 Å². The average Bonchev–Trinajstić information content (AvgIpc) is 2.71. The largest absolute Gasteiger partial charge is 0.330 e. The molecule has 1 heterocycles. The van der Waals surface area contributed by atoms with Crippen molar-refractivity contribution in [1.29, 1.82) is 0 Å². The minimum Gasteiger partial charge on any atom is -0.330 e. The van der Waals surface area contributed by atoms with Gasteiger partial charge in [-0.1, -0.05) is 18.2 Å². The molecule has 156 valence electrons. The van der Waals surface area contributed by atoms with Gasteiger partial charge >= 0.3 is 6.03 Å². The average molecular weight is 424 g/mol. The monoisotopic (exact) mass is 424 g/mol. The van der Waals surface area contributed by atoms with E-state index in [1.165, 1.54) is 22.5 Å². The molecule has 29 heavy (non-hydrogen) atoms. The first kappa shape index (κ1) is 21.2. The molecule has 0 saturated carbocycles. The molecular formula is C19H22F2N4O3S. The van der Waals surface area contributed by atoms with Crippen molar-refractivity contribution in [2.24, 2.45) is 11.7 Å². The molecule has 0 unspecified atom stereocenters. The third-order valence-corrected chi connectivity index (χ3v) is 6.82. The first-order chi connectivity index (χ1) is 13.8. The third-order valence-electron chi connectivity index (χ3n) is 4.86. The lowest BCUT2D eigenvalue weighted by molar-refractivity contribution is 0.262. The highest BCUT2D eigenvalue weighted by atomic mass is 32.2. The molecule has 10 heteroatoms. The van der Waals surface area contributed by atoms with Crippen LogP contribution in [0.1, 0.15) is 12.8 Å². The molecule has 0 radical (unpaired) electrons. The summed E-state index contributed by atoms with van der Waals surface area (Å²) in [6.45, 7) is 1.19. The van der Waals surface area contributed by atoms with E-state index in [0.29, 0.717) is 32.5 Å². The number of anilines is 2. The van der Waals surface area contributed by atoms with Gasteiger partial charge < -0.3 is 16.4 Å². The van der Waals surface area contributed by atoms with Crippen molar-refractivity contribution in [3.05, 3.63) is 54.1 Å². The fraction of sp³-hybridized carbons (Fsp3) is 0.316. The van der Waals surface area contributed by atoms with E-state index in [2.05, 4.69) is 10.6 Å². The Kier molecular flexibility index (Phi) is 6.46. The summed E-state index contributed by atoms with van der Waals surface area (Å²) in [6.07, 6.45) is 1.33. The summed E-state index contributed by atoms with van der Waals surface area (Å²) in [5.41, 5.74) is 5.06. The van der Waals surface area contributed by atoms with Gasteiger partial charge in [-0.2, -0.15) is 4.31 Å². The number of rotatable bonds is 5. The molecule has 0 aliphatic carbocycles. The number of urea groups is 1. The first-order valence-electron chi connectivity index (χ1n) is 9.14. The summed E-state index contributed by atoms with van der Waals surface area (Å²) in [5.74, 6) is -1.59. The third kappa shape index (κ3) is 4.72. The maximum atomic E-state index is 13.7. The molecule has 1 saturated heterocycles. The summed E-state index contributed by atoms with van der Waals surface area (Å²) in [5, 5.41) is 4.45. The van der Waals surface area contributed by atoms with Gasteiger partial charge in [-0.3, -0.25) is 0 Å². The summed E-state index contributed by atoms with van der Waals surface area (Å²) in [7, 11) is -3.86. The second-order valence-corrected chi connectivity index (χ2v) is 8.66. The Labute approximate surface area is 167 Å². The Morgan fingerprint density at radius 2 is 1.66 bits per heavy atom. The zero-order valence-electron chi connectivity index (χ0n) is 15.6. The first-order valence-corrected chi connectivity index (χ1v) is 10.6. The summed E-state index contributed by atoms with van der Waals surface area (Å²) in [4.78, 5) is 12.2. The molecule has 2 amide bonds. The van der Waals surface area contributed by atoms with Crippen LogP contribution in [-0.2, 0) is 10.0 Å². The molecule has 0 aromatic heterocycles. The van der Waals surface area contributed by atoms with E-state index in [4.69, 9.17) is 5.73 Å². The number of para-hydroxylation sites is 2. The van der Waals surface area contributed by atoms with Gasteiger partial charge in [0.05, 0.1) is 5.69 Å². The van der Waals surface area contributed by atoms with E-state index >= 15 is 0 Å². The quantitative estimate of drug-likeness (QED) is 0.686. The molecule has 2 aromatic carbocycles. The second-order valence-electron chi connectivity index (χ2n) is 6.76. The Hall–Kier alpha value is -2.56. The molecule has 0 spiro atoms. The van der Waals surface area contributed by atoms with Crippen LogP contribution in [0, 0.1) is 17.6 Å². The normalized spacial score (nSPS) is 15.8. The second kappa shape index (κ2) is 8.85. The van der Waals surface area contributed by atoms with Gasteiger partial charge in [0.1, 0.15) is 22.2 Å². The maximum Gasteiger partial charge on any atom is 0.323 e. The molecule has 3 rings (SSSR count). The zero-order valence-corrected chi connectivity index (χ0v) is 16.4. The highest BCUT2D eigenvalue weighted by molar-refractivity contribution is 7.89. The van der Waals surface area contributed by atoms with Crippen LogP contribution in [0.4, 0.5) is 25.0 Å². The number of nitrogens with one attached hydrogen (secondary N) is 2. The van der Waals surface area contributed by atoms with E-state index in [0.717, 1.165) is 12.1 Å². The van der Waals surface area contributed by atoms with Crippen molar-refractivity contribution in [2.45, 2.75) is 17.7 Å². The SMILES string of the molecule is NCC1CCN(S(=O)(=O)c2ccccc2NC(=O)Nc2c(F)cccc2F)CC1. The summed E-state index contributed by atoms with van der Waals surface area (Å²) >= 11 is 0. The Morgan fingerprint density at radius 3 is 2.28 bits per heavy atom. The Morgan fingerprint density at radius 1 is 1.03 bits per heavy atom. The fourth-order valence-corrected chi connectivity index (χ4v) is 4.82. The number of hydrogen-bond donors (Lipinski definition) is 3. The number of sulfonamides is 1. The molecule has 0 atom stereocenters. The van der Waals surface area contributed by atoms with Crippen LogP contribution in [0.15, 0.2) is 47.4 Å². The van der Waals surface area contributed by atoms with Crippen LogP contribution < -0.4 is 16.4 Å². The van der Waals surface area contributed by atoms with Crippen LogP contribution in [0.25, 0.3) is 0 Å². The number of carbonyl (C=O) groups is 1. The number of piperidine rings is 1. The molecular weight excluding hydrogens is 402 g/mol. The molecule has 0 bridgehead atoms. The van der Waals surface area contributed by atoms with Crippen molar-refractivity contribution >= 4 is 27.4 Å². The standard InChI is InChI=1S/C19H22F2N4O3S/c20-14-4-3-5-15(21)18(14)24-19(26)23-16-6-1-2-7-17(16)29(27,28)25-10-8-13(12-22)9-11-25/h1-7,13H,8-12,22H2,(H2,23,24,26). The smallest absolute Gasteiger partial charge is 0.323 e. The molecule has 1 aliphatic heterocycles. The Bertz CT molecular complexity index is 972. The highest BCUT2D eigenvalue weighted by Gasteiger charge is 2.31. The molecule has 4 N–H and O–H groups in total. The van der Waals surface area contributed by atoms with Gasteiger partial charge in [0.25, 0.3) is 0 Å². The lowest BCUT2D eigenvalue weighted by atomic mass is 9.99. The van der Waals surface area contributed by atoms with Gasteiger partial charge in [-0.05, 0) is 49.6 Å². The molecule has 1 fully saturated rings. The van der Waals surface area contributed by atoms with E-state index < -0.39 is 33.4 Å². The minimum atomic E-state index is -3.86. The Balaban J connectivity index is 1.79. The topological polar surface area (TPSA) is 105 Å². The number of nitrogens with zero attached hydrogens (tertiary/aromatic N) is 1. The van der Waals surface area contributed by atoms with Gasteiger partial charge in [0.2, 0.25) is 10.0 Å². The number of amides is 2. The number of carbonyl (C=O) groups excluding carboxylic acids is 1. The van der Waals surface area contributed by atoms with Crippen molar-refractivity contribution < 1.29 is 22.0 Å². The van der Waals surface area contributed by atoms with Crippen LogP contribution in [0.5, 0.6) is 0 Å². The molecule has 2 aromatic rings. The number of halogens is 2. The summed E-state index contributed by atoms with van der Waals surface area (Å²) < 4.78 is 54.9. The molecule has 1 aliphatic rings. The van der Waals surface area contributed by atoms with E-state index in [1.54, 1.807) is 12.1 Å². The van der Waals surface area contributed by atoms with E-state index in [1.807, 2.05) is 0 Å². The van der Waals surface area contributed by atoms with Crippen LogP contribution in [-0.4, -0.2) is 38.4 Å². The van der Waals surface area contributed by atoms with E-state index in [-0.39, 0.29) is 16.5 Å². The number of hydrogen-bond acceptors (Lipinski definition) is 4. The number of nitrogens with two attached hydrogens (primary N) is 1. The van der Waals surface area contributed by atoms with Gasteiger partial charge in [0, 0.05) is 13.1 Å². The predicted octanol–water partition coefficient (Wildman–Crippen LogP) is 2.97. The van der Waals surface area contributed by atoms with E-state index in [9.17, 15) is 22.0 Å². The van der Waals surface area contributed by atoms with Gasteiger partial charge in [-0.25, -0.2) is 22.0 Å². The minimum absolute atomic E-state index is 0.0164. The van der Waals surface area contributed by atoms with Gasteiger partial charge in [0.15, 0.2) is 0 Å². The van der Waals surface area contributed by atoms with Gasteiger partial charge in [-0.15, -0.1) is 0 Å². The van der Waals surface area contributed by atoms with Crippen molar-refractivity contribution in [3.8, 4) is 0 Å². The predicted molar refractivity (Wildman–Crippen MR) is 106 cm³/mol. The van der Waals surface area contributed by atoms with Crippen LogP contribution in [0.2, 0.25) is 0 Å². The lowest BCUT2D eigenvalue weighted by Gasteiger charge is -2.31. The zero-order chi connectivity index (χ0) is 21.0. The van der Waals surface area contributed by atoms with Crippen LogP contribution >= 0.6 is 0 Å². The number of benzene rings is 2. The summed E-state index contributed by atoms with van der Waals surface area (Å²) in [6, 6.07) is 8.10. The highest BCUT2D eigenvalue weighted by Crippen LogP contribution is 2.28. The van der Waals surface area contributed by atoms with Crippen molar-refractivity contribution in [3.63, 3.8) is 0 Å².